The van der Waals surface area contributed by atoms with E-state index in [-0.39, 0.29) is 17.8 Å². The van der Waals surface area contributed by atoms with Crippen molar-refractivity contribution in [3.05, 3.63) is 71.5 Å². The Balaban J connectivity index is 1.97. The molecule has 102 valence electrons. The molecule has 0 aliphatic heterocycles. The van der Waals surface area contributed by atoms with E-state index in [4.69, 9.17) is 0 Å². The summed E-state index contributed by atoms with van der Waals surface area (Å²) >= 11 is 0. The van der Waals surface area contributed by atoms with Crippen LogP contribution < -0.4 is 5.32 Å². The maximum Gasteiger partial charge on any atom is 0.123 e. The number of benzene rings is 2. The van der Waals surface area contributed by atoms with Gasteiger partial charge in [-0.15, -0.1) is 0 Å². The molecule has 20 heavy (non-hydrogen) atoms. The van der Waals surface area contributed by atoms with Gasteiger partial charge in [0.05, 0.1) is 12.0 Å². The van der Waals surface area contributed by atoms with Crippen LogP contribution in [0.5, 0.6) is 0 Å². The van der Waals surface area contributed by atoms with Crippen LogP contribution in [-0.2, 0) is 0 Å². The molecule has 2 atom stereocenters. The molecule has 0 aliphatic carbocycles. The lowest BCUT2D eigenvalue weighted by atomic mass is 10.00. The fourth-order valence-corrected chi connectivity index (χ4v) is 2.09. The van der Waals surface area contributed by atoms with Crippen molar-refractivity contribution in [3.8, 4) is 6.07 Å². The molecule has 0 radical (unpaired) electrons. The van der Waals surface area contributed by atoms with E-state index in [0.29, 0.717) is 6.54 Å². The Hall–Kier alpha value is -2.18. The Morgan fingerprint density at radius 2 is 1.70 bits per heavy atom. The minimum absolute atomic E-state index is 0.0789. The normalized spacial score (nSPS) is 13.4. The number of nitrogens with zero attached hydrogens (tertiary/aromatic N) is 1. The van der Waals surface area contributed by atoms with E-state index in [0.717, 1.165) is 11.1 Å². The zero-order valence-electron chi connectivity index (χ0n) is 11.4. The first-order chi connectivity index (χ1) is 9.70. The highest BCUT2D eigenvalue weighted by Crippen LogP contribution is 2.17. The smallest absolute Gasteiger partial charge is 0.123 e. The Kier molecular flexibility index (Phi) is 4.86. The van der Waals surface area contributed by atoms with Crippen molar-refractivity contribution >= 4 is 0 Å². The highest BCUT2D eigenvalue weighted by atomic mass is 19.1. The molecule has 1 N–H and O–H groups in total. The fourth-order valence-electron chi connectivity index (χ4n) is 2.09. The summed E-state index contributed by atoms with van der Waals surface area (Å²) in [6.07, 6.45) is 0. The lowest BCUT2D eigenvalue weighted by Gasteiger charge is -2.17. The highest BCUT2D eigenvalue weighted by molar-refractivity contribution is 5.25. The molecule has 0 aromatic heterocycles. The molecule has 3 heteroatoms. The molecule has 0 amide bonds. The standard InChI is InChI=1S/C17H17FN2/c1-13(14-7-9-17(18)10-8-14)20-12-16(11-19)15-5-3-2-4-6-15/h2-10,13,16,20H,12H2,1H3/t13-,16?/m1/s1. The maximum absolute atomic E-state index is 12.9. The van der Waals surface area contributed by atoms with Crippen LogP contribution in [0.15, 0.2) is 54.6 Å². The zero-order chi connectivity index (χ0) is 14.4. The summed E-state index contributed by atoms with van der Waals surface area (Å²) in [6, 6.07) is 18.5. The third-order valence-corrected chi connectivity index (χ3v) is 3.36. The largest absolute Gasteiger partial charge is 0.309 e. The van der Waals surface area contributed by atoms with Crippen molar-refractivity contribution in [2.75, 3.05) is 6.54 Å². The molecular formula is C17H17FN2. The molecule has 0 aliphatic rings. The van der Waals surface area contributed by atoms with Crippen LogP contribution in [0.3, 0.4) is 0 Å². The first-order valence-electron chi connectivity index (χ1n) is 6.64. The van der Waals surface area contributed by atoms with Crippen LogP contribution in [0.2, 0.25) is 0 Å². The van der Waals surface area contributed by atoms with E-state index in [2.05, 4.69) is 11.4 Å². The first kappa shape index (κ1) is 14.2. The van der Waals surface area contributed by atoms with Crippen molar-refractivity contribution in [2.24, 2.45) is 0 Å². The fraction of sp³-hybridized carbons (Fsp3) is 0.235. The third-order valence-electron chi connectivity index (χ3n) is 3.36. The number of hydrogen-bond donors (Lipinski definition) is 1. The van der Waals surface area contributed by atoms with E-state index in [9.17, 15) is 9.65 Å². The van der Waals surface area contributed by atoms with Crippen LogP contribution >= 0.6 is 0 Å². The van der Waals surface area contributed by atoms with Gasteiger partial charge in [-0.1, -0.05) is 42.5 Å². The van der Waals surface area contributed by atoms with Gasteiger partial charge in [-0.2, -0.15) is 5.26 Å². The van der Waals surface area contributed by atoms with Gasteiger partial charge in [0.2, 0.25) is 0 Å². The summed E-state index contributed by atoms with van der Waals surface area (Å²) in [4.78, 5) is 0. The number of hydrogen-bond acceptors (Lipinski definition) is 2. The number of halogens is 1. The van der Waals surface area contributed by atoms with Gasteiger partial charge in [0.15, 0.2) is 0 Å². The summed E-state index contributed by atoms with van der Waals surface area (Å²) in [7, 11) is 0. The second-order valence-corrected chi connectivity index (χ2v) is 4.77. The predicted octanol–water partition coefficient (Wildman–Crippen LogP) is 3.78. The molecule has 0 saturated carbocycles. The summed E-state index contributed by atoms with van der Waals surface area (Å²) in [5.74, 6) is -0.417. The Morgan fingerprint density at radius 1 is 1.05 bits per heavy atom. The van der Waals surface area contributed by atoms with Gasteiger partial charge in [-0.05, 0) is 30.2 Å². The lowest BCUT2D eigenvalue weighted by Crippen LogP contribution is -2.24. The molecule has 2 aromatic carbocycles. The number of nitriles is 1. The average molecular weight is 268 g/mol. The monoisotopic (exact) mass is 268 g/mol. The van der Waals surface area contributed by atoms with E-state index in [1.54, 1.807) is 12.1 Å². The van der Waals surface area contributed by atoms with E-state index in [1.807, 2.05) is 37.3 Å². The second kappa shape index (κ2) is 6.83. The molecular weight excluding hydrogens is 251 g/mol. The molecule has 0 heterocycles. The summed E-state index contributed by atoms with van der Waals surface area (Å²) in [6.45, 7) is 2.58. The molecule has 2 aromatic rings. The van der Waals surface area contributed by atoms with Gasteiger partial charge in [0, 0.05) is 12.6 Å². The van der Waals surface area contributed by atoms with Crippen LogP contribution in [0.25, 0.3) is 0 Å². The van der Waals surface area contributed by atoms with Crippen LogP contribution in [-0.4, -0.2) is 6.54 Å². The summed E-state index contributed by atoms with van der Waals surface area (Å²) in [5, 5.41) is 12.6. The van der Waals surface area contributed by atoms with Gasteiger partial charge in [-0.25, -0.2) is 4.39 Å². The Morgan fingerprint density at radius 3 is 2.30 bits per heavy atom. The minimum atomic E-state index is -0.236. The van der Waals surface area contributed by atoms with Crippen molar-refractivity contribution in [1.82, 2.24) is 5.32 Å². The summed E-state index contributed by atoms with van der Waals surface area (Å²) in [5.41, 5.74) is 2.02. The number of rotatable bonds is 5. The lowest BCUT2D eigenvalue weighted by molar-refractivity contribution is 0.556. The van der Waals surface area contributed by atoms with E-state index in [1.165, 1.54) is 12.1 Å². The van der Waals surface area contributed by atoms with Crippen molar-refractivity contribution in [1.29, 1.82) is 5.26 Å². The number of nitrogens with one attached hydrogen (secondary N) is 1. The highest BCUT2D eigenvalue weighted by Gasteiger charge is 2.12. The van der Waals surface area contributed by atoms with E-state index >= 15 is 0 Å². The Labute approximate surface area is 118 Å². The van der Waals surface area contributed by atoms with Crippen molar-refractivity contribution in [2.45, 2.75) is 18.9 Å². The molecule has 2 rings (SSSR count). The molecule has 1 unspecified atom stereocenters. The predicted molar refractivity (Wildman–Crippen MR) is 77.6 cm³/mol. The van der Waals surface area contributed by atoms with E-state index < -0.39 is 0 Å². The topological polar surface area (TPSA) is 35.8 Å². The SMILES string of the molecule is C[C@@H](NCC(C#N)c1ccccc1)c1ccc(F)cc1. The van der Waals surface area contributed by atoms with Gasteiger partial charge in [0.25, 0.3) is 0 Å². The van der Waals surface area contributed by atoms with Gasteiger partial charge in [-0.3, -0.25) is 0 Å². The molecule has 0 bridgehead atoms. The first-order valence-corrected chi connectivity index (χ1v) is 6.64. The van der Waals surface area contributed by atoms with Gasteiger partial charge in [0.1, 0.15) is 5.82 Å². The van der Waals surface area contributed by atoms with Crippen molar-refractivity contribution < 1.29 is 4.39 Å². The third kappa shape index (κ3) is 3.66. The van der Waals surface area contributed by atoms with Crippen LogP contribution in [0.1, 0.15) is 30.0 Å². The minimum Gasteiger partial charge on any atom is -0.309 e. The quantitative estimate of drug-likeness (QED) is 0.895. The molecule has 0 fully saturated rings. The van der Waals surface area contributed by atoms with Gasteiger partial charge < -0.3 is 5.32 Å². The summed E-state index contributed by atoms with van der Waals surface area (Å²) < 4.78 is 12.9. The molecule has 0 spiro atoms. The zero-order valence-corrected chi connectivity index (χ0v) is 11.4. The van der Waals surface area contributed by atoms with Crippen LogP contribution in [0.4, 0.5) is 4.39 Å². The second-order valence-electron chi connectivity index (χ2n) is 4.77. The molecule has 2 nitrogen and oxygen atoms in total. The van der Waals surface area contributed by atoms with Crippen LogP contribution in [0, 0.1) is 17.1 Å². The van der Waals surface area contributed by atoms with Gasteiger partial charge >= 0.3 is 0 Å². The maximum atomic E-state index is 12.9. The molecule has 0 saturated heterocycles. The Bertz CT molecular complexity index is 572. The van der Waals surface area contributed by atoms with Crippen molar-refractivity contribution in [3.63, 3.8) is 0 Å². The average Bonchev–Trinajstić information content (AvgIpc) is 2.49.